The standard InChI is InChI=1S/C13H18ClNO2/c1-4-17-9-13(16)15(3)10(2)11-6-5-7-12(14)8-11/h5-8,10H,4,9H2,1-3H3. The van der Waals surface area contributed by atoms with Crippen LogP contribution in [0.1, 0.15) is 25.5 Å². The van der Waals surface area contributed by atoms with Crippen molar-refractivity contribution < 1.29 is 9.53 Å². The summed E-state index contributed by atoms with van der Waals surface area (Å²) in [4.78, 5) is 13.4. The Morgan fingerprint density at radius 2 is 2.24 bits per heavy atom. The maximum atomic E-state index is 11.8. The molecule has 1 atom stereocenters. The summed E-state index contributed by atoms with van der Waals surface area (Å²) in [6.07, 6.45) is 0. The molecule has 1 unspecified atom stereocenters. The van der Waals surface area contributed by atoms with Crippen LogP contribution in [0, 0.1) is 0 Å². The van der Waals surface area contributed by atoms with Crippen LogP contribution >= 0.6 is 11.6 Å². The average molecular weight is 256 g/mol. The number of nitrogens with zero attached hydrogens (tertiary/aromatic N) is 1. The van der Waals surface area contributed by atoms with Crippen molar-refractivity contribution in [2.24, 2.45) is 0 Å². The highest BCUT2D eigenvalue weighted by Crippen LogP contribution is 2.21. The molecule has 0 heterocycles. The number of hydrogen-bond acceptors (Lipinski definition) is 2. The van der Waals surface area contributed by atoms with Gasteiger partial charge in [0.25, 0.3) is 0 Å². The van der Waals surface area contributed by atoms with E-state index >= 15 is 0 Å². The average Bonchev–Trinajstić information content (AvgIpc) is 2.34. The van der Waals surface area contributed by atoms with Crippen LogP contribution in [0.5, 0.6) is 0 Å². The molecular weight excluding hydrogens is 238 g/mol. The molecule has 0 aliphatic rings. The minimum atomic E-state index is -0.0284. The predicted octanol–water partition coefficient (Wildman–Crippen LogP) is 2.90. The topological polar surface area (TPSA) is 29.5 Å². The van der Waals surface area contributed by atoms with Crippen LogP contribution in [0.15, 0.2) is 24.3 Å². The van der Waals surface area contributed by atoms with Gasteiger partial charge in [0.2, 0.25) is 5.91 Å². The molecule has 0 radical (unpaired) electrons. The molecule has 0 aliphatic heterocycles. The fraction of sp³-hybridized carbons (Fsp3) is 0.462. The Kier molecular flexibility index (Phi) is 5.45. The number of benzene rings is 1. The Morgan fingerprint density at radius 1 is 1.53 bits per heavy atom. The van der Waals surface area contributed by atoms with Crippen LogP contribution in [0.2, 0.25) is 5.02 Å². The smallest absolute Gasteiger partial charge is 0.248 e. The minimum Gasteiger partial charge on any atom is -0.372 e. The second kappa shape index (κ2) is 6.62. The van der Waals surface area contributed by atoms with Gasteiger partial charge in [0.1, 0.15) is 6.61 Å². The summed E-state index contributed by atoms with van der Waals surface area (Å²) in [5.74, 6) is -0.0284. The van der Waals surface area contributed by atoms with E-state index in [1.165, 1.54) is 0 Å². The van der Waals surface area contributed by atoms with Crippen molar-refractivity contribution in [2.45, 2.75) is 19.9 Å². The second-order valence-corrected chi connectivity index (χ2v) is 4.31. The Hall–Kier alpha value is -1.06. The Bertz CT molecular complexity index is 381. The molecule has 0 bridgehead atoms. The van der Waals surface area contributed by atoms with Gasteiger partial charge in [0.05, 0.1) is 6.04 Å². The maximum Gasteiger partial charge on any atom is 0.248 e. The number of amides is 1. The molecule has 3 nitrogen and oxygen atoms in total. The number of hydrogen-bond donors (Lipinski definition) is 0. The maximum absolute atomic E-state index is 11.8. The van der Waals surface area contributed by atoms with E-state index in [0.29, 0.717) is 11.6 Å². The normalized spacial score (nSPS) is 12.2. The first-order valence-corrected chi connectivity index (χ1v) is 6.03. The Labute approximate surface area is 107 Å². The van der Waals surface area contributed by atoms with E-state index in [2.05, 4.69) is 0 Å². The van der Waals surface area contributed by atoms with E-state index in [1.54, 1.807) is 11.9 Å². The van der Waals surface area contributed by atoms with Gasteiger partial charge in [-0.15, -0.1) is 0 Å². The molecule has 0 saturated heterocycles. The SMILES string of the molecule is CCOCC(=O)N(C)C(C)c1cccc(Cl)c1. The van der Waals surface area contributed by atoms with Crippen LogP contribution in [-0.4, -0.2) is 31.1 Å². The van der Waals surface area contributed by atoms with Crippen molar-refractivity contribution in [3.8, 4) is 0 Å². The molecule has 1 aromatic rings. The molecule has 17 heavy (non-hydrogen) atoms. The monoisotopic (exact) mass is 255 g/mol. The molecule has 0 aliphatic carbocycles. The highest BCUT2D eigenvalue weighted by Gasteiger charge is 2.17. The van der Waals surface area contributed by atoms with E-state index in [-0.39, 0.29) is 18.6 Å². The van der Waals surface area contributed by atoms with Gasteiger partial charge < -0.3 is 9.64 Å². The van der Waals surface area contributed by atoms with Crippen molar-refractivity contribution in [3.05, 3.63) is 34.9 Å². The summed E-state index contributed by atoms with van der Waals surface area (Å²) in [5.41, 5.74) is 1.02. The van der Waals surface area contributed by atoms with E-state index in [1.807, 2.05) is 38.1 Å². The molecule has 1 aromatic carbocycles. The van der Waals surface area contributed by atoms with E-state index in [4.69, 9.17) is 16.3 Å². The van der Waals surface area contributed by atoms with Crippen LogP contribution in [0.25, 0.3) is 0 Å². The first-order chi connectivity index (χ1) is 8.06. The van der Waals surface area contributed by atoms with Crippen molar-refractivity contribution in [2.75, 3.05) is 20.3 Å². The lowest BCUT2D eigenvalue weighted by Gasteiger charge is -2.25. The van der Waals surface area contributed by atoms with E-state index in [9.17, 15) is 4.79 Å². The highest BCUT2D eigenvalue weighted by atomic mass is 35.5. The van der Waals surface area contributed by atoms with Gasteiger partial charge in [-0.25, -0.2) is 0 Å². The third-order valence-corrected chi connectivity index (χ3v) is 2.97. The molecule has 0 saturated carbocycles. The predicted molar refractivity (Wildman–Crippen MR) is 69.1 cm³/mol. The second-order valence-electron chi connectivity index (χ2n) is 3.87. The number of likely N-dealkylation sites (N-methyl/N-ethyl adjacent to an activating group) is 1. The zero-order valence-electron chi connectivity index (χ0n) is 10.4. The highest BCUT2D eigenvalue weighted by molar-refractivity contribution is 6.30. The van der Waals surface area contributed by atoms with Crippen molar-refractivity contribution in [1.82, 2.24) is 4.90 Å². The summed E-state index contributed by atoms with van der Waals surface area (Å²) in [7, 11) is 1.77. The lowest BCUT2D eigenvalue weighted by molar-refractivity contribution is -0.136. The first kappa shape index (κ1) is 14.0. The molecular formula is C13H18ClNO2. The van der Waals surface area contributed by atoms with Gasteiger partial charge in [-0.05, 0) is 31.5 Å². The largest absolute Gasteiger partial charge is 0.372 e. The summed E-state index contributed by atoms with van der Waals surface area (Å²) in [5, 5.41) is 0.681. The van der Waals surface area contributed by atoms with Gasteiger partial charge in [-0.2, -0.15) is 0 Å². The summed E-state index contributed by atoms with van der Waals surface area (Å²) < 4.78 is 5.11. The number of ether oxygens (including phenoxy) is 1. The molecule has 0 spiro atoms. The van der Waals surface area contributed by atoms with Crippen molar-refractivity contribution in [1.29, 1.82) is 0 Å². The van der Waals surface area contributed by atoms with Crippen LogP contribution in [0.4, 0.5) is 0 Å². The van der Waals surface area contributed by atoms with Crippen molar-refractivity contribution in [3.63, 3.8) is 0 Å². The van der Waals surface area contributed by atoms with Gasteiger partial charge in [0, 0.05) is 18.7 Å². The van der Waals surface area contributed by atoms with Gasteiger partial charge in [-0.3, -0.25) is 4.79 Å². The van der Waals surface area contributed by atoms with Gasteiger partial charge in [0.15, 0.2) is 0 Å². The molecule has 0 fully saturated rings. The number of rotatable bonds is 5. The zero-order valence-corrected chi connectivity index (χ0v) is 11.2. The third kappa shape index (κ3) is 4.02. The Balaban J connectivity index is 2.69. The summed E-state index contributed by atoms with van der Waals surface area (Å²) >= 11 is 5.93. The summed E-state index contributed by atoms with van der Waals surface area (Å²) in [6, 6.07) is 7.52. The first-order valence-electron chi connectivity index (χ1n) is 5.65. The lowest BCUT2D eigenvalue weighted by Crippen LogP contribution is -2.32. The number of carbonyl (C=O) groups is 1. The summed E-state index contributed by atoms with van der Waals surface area (Å²) in [6.45, 7) is 4.51. The zero-order chi connectivity index (χ0) is 12.8. The quantitative estimate of drug-likeness (QED) is 0.810. The molecule has 1 rings (SSSR count). The van der Waals surface area contributed by atoms with Crippen molar-refractivity contribution >= 4 is 17.5 Å². The third-order valence-electron chi connectivity index (χ3n) is 2.74. The van der Waals surface area contributed by atoms with Gasteiger partial charge >= 0.3 is 0 Å². The molecule has 0 aromatic heterocycles. The molecule has 4 heteroatoms. The van der Waals surface area contributed by atoms with Gasteiger partial charge in [-0.1, -0.05) is 23.7 Å². The molecule has 0 N–H and O–H groups in total. The van der Waals surface area contributed by atoms with E-state index in [0.717, 1.165) is 5.56 Å². The van der Waals surface area contributed by atoms with Crippen LogP contribution in [0.3, 0.4) is 0 Å². The van der Waals surface area contributed by atoms with E-state index < -0.39 is 0 Å². The Morgan fingerprint density at radius 3 is 2.82 bits per heavy atom. The van der Waals surface area contributed by atoms with Crippen LogP contribution < -0.4 is 0 Å². The fourth-order valence-corrected chi connectivity index (χ4v) is 1.70. The molecule has 1 amide bonds. The molecule has 94 valence electrons. The lowest BCUT2D eigenvalue weighted by atomic mass is 10.1. The van der Waals surface area contributed by atoms with Crippen LogP contribution in [-0.2, 0) is 9.53 Å². The minimum absolute atomic E-state index is 0.0124. The number of halogens is 1. The number of carbonyl (C=O) groups excluding carboxylic acids is 1. The fourth-order valence-electron chi connectivity index (χ4n) is 1.50.